The molecule has 0 fully saturated rings. The van der Waals surface area contributed by atoms with Crippen molar-refractivity contribution < 1.29 is 4.74 Å². The average molecular weight is 194 g/mol. The summed E-state index contributed by atoms with van der Waals surface area (Å²) < 4.78 is 5.34. The van der Waals surface area contributed by atoms with E-state index in [1.54, 1.807) is 7.11 Å². The Morgan fingerprint density at radius 3 is 2.93 bits per heavy atom. The van der Waals surface area contributed by atoms with Crippen molar-refractivity contribution in [3.63, 3.8) is 0 Å². The highest BCUT2D eigenvalue weighted by atomic mass is 16.5. The molecule has 0 spiro atoms. The standard InChI is InChI=1S/C14H10O/c1-15-13-9-8-11-5-2-4-10-6-3-7-12(13)14(10)11/h2-6,8-9H,1H3. The predicted molar refractivity (Wildman–Crippen MR) is 60.8 cm³/mol. The molecule has 1 aliphatic carbocycles. The maximum atomic E-state index is 5.34. The molecule has 0 saturated carbocycles. The molecule has 0 heterocycles. The summed E-state index contributed by atoms with van der Waals surface area (Å²) in [6.07, 6.45) is 7.26. The van der Waals surface area contributed by atoms with Gasteiger partial charge in [-0.05, 0) is 28.5 Å². The SMILES string of the molecule is COc1ccc2cccc3c2c1[C]=C[CH]3. The second kappa shape index (κ2) is 3.13. The number of methoxy groups -OCH3 is 1. The molecule has 3 rings (SSSR count). The molecule has 0 amide bonds. The molecule has 15 heavy (non-hydrogen) atoms. The molecule has 0 unspecified atom stereocenters. The van der Waals surface area contributed by atoms with E-state index >= 15 is 0 Å². The summed E-state index contributed by atoms with van der Waals surface area (Å²) in [5.41, 5.74) is 2.30. The third-order valence-electron chi connectivity index (χ3n) is 2.75. The molecule has 2 aromatic carbocycles. The third kappa shape index (κ3) is 1.16. The van der Waals surface area contributed by atoms with Gasteiger partial charge in [0.2, 0.25) is 0 Å². The van der Waals surface area contributed by atoms with E-state index in [1.807, 2.05) is 12.1 Å². The van der Waals surface area contributed by atoms with Crippen LogP contribution in [0.3, 0.4) is 0 Å². The number of hydrogen-bond acceptors (Lipinski definition) is 1. The van der Waals surface area contributed by atoms with Gasteiger partial charge in [-0.25, -0.2) is 0 Å². The first-order valence-corrected chi connectivity index (χ1v) is 4.93. The summed E-state index contributed by atoms with van der Waals surface area (Å²) in [4.78, 5) is 0. The summed E-state index contributed by atoms with van der Waals surface area (Å²) in [6, 6.07) is 10.4. The normalized spacial score (nSPS) is 13.1. The van der Waals surface area contributed by atoms with Gasteiger partial charge in [0.25, 0.3) is 0 Å². The van der Waals surface area contributed by atoms with E-state index in [9.17, 15) is 0 Å². The van der Waals surface area contributed by atoms with Gasteiger partial charge in [-0.1, -0.05) is 30.3 Å². The molecular weight excluding hydrogens is 184 g/mol. The van der Waals surface area contributed by atoms with E-state index in [2.05, 4.69) is 36.8 Å². The van der Waals surface area contributed by atoms with Crippen molar-refractivity contribution in [3.05, 3.63) is 60.0 Å². The first kappa shape index (κ1) is 8.54. The Hall–Kier alpha value is -1.76. The number of hydrogen-bond donors (Lipinski definition) is 0. The molecule has 1 nitrogen and oxygen atoms in total. The van der Waals surface area contributed by atoms with Crippen molar-refractivity contribution in [2.24, 2.45) is 0 Å². The van der Waals surface area contributed by atoms with Gasteiger partial charge in [0.05, 0.1) is 7.11 Å². The first-order chi connectivity index (χ1) is 7.40. The van der Waals surface area contributed by atoms with Crippen LogP contribution in [0.2, 0.25) is 0 Å². The van der Waals surface area contributed by atoms with Gasteiger partial charge < -0.3 is 4.74 Å². The van der Waals surface area contributed by atoms with Gasteiger partial charge in [0.15, 0.2) is 0 Å². The second-order valence-electron chi connectivity index (χ2n) is 3.57. The van der Waals surface area contributed by atoms with Crippen LogP contribution in [-0.4, -0.2) is 7.11 Å². The Morgan fingerprint density at radius 1 is 1.13 bits per heavy atom. The van der Waals surface area contributed by atoms with Gasteiger partial charge in [0.1, 0.15) is 5.75 Å². The fourth-order valence-corrected chi connectivity index (χ4v) is 2.06. The van der Waals surface area contributed by atoms with Crippen LogP contribution in [0.1, 0.15) is 11.1 Å². The van der Waals surface area contributed by atoms with Crippen LogP contribution in [0, 0.1) is 12.5 Å². The largest absolute Gasteiger partial charge is 0.496 e. The third-order valence-corrected chi connectivity index (χ3v) is 2.75. The fourth-order valence-electron chi connectivity index (χ4n) is 2.06. The maximum absolute atomic E-state index is 5.34. The van der Waals surface area contributed by atoms with Crippen molar-refractivity contribution in [2.75, 3.05) is 7.11 Å². The van der Waals surface area contributed by atoms with Crippen molar-refractivity contribution in [1.29, 1.82) is 0 Å². The minimum absolute atomic E-state index is 0.888. The van der Waals surface area contributed by atoms with Crippen LogP contribution in [0.15, 0.2) is 36.4 Å². The van der Waals surface area contributed by atoms with Gasteiger partial charge in [-0.2, -0.15) is 0 Å². The first-order valence-electron chi connectivity index (χ1n) is 4.93. The predicted octanol–water partition coefficient (Wildman–Crippen LogP) is 3.12. The highest BCUT2D eigenvalue weighted by Crippen LogP contribution is 2.33. The zero-order valence-corrected chi connectivity index (χ0v) is 8.45. The summed E-state index contributed by atoms with van der Waals surface area (Å²) in [5, 5.41) is 2.47. The molecule has 2 aromatic rings. The van der Waals surface area contributed by atoms with Gasteiger partial charge in [-0.15, -0.1) is 0 Å². The van der Waals surface area contributed by atoms with E-state index < -0.39 is 0 Å². The highest BCUT2D eigenvalue weighted by molar-refractivity contribution is 5.94. The number of benzene rings is 2. The van der Waals surface area contributed by atoms with E-state index in [-0.39, 0.29) is 0 Å². The van der Waals surface area contributed by atoms with Crippen LogP contribution < -0.4 is 4.74 Å². The van der Waals surface area contributed by atoms with Crippen LogP contribution in [0.4, 0.5) is 0 Å². The maximum Gasteiger partial charge on any atom is 0.127 e. The lowest BCUT2D eigenvalue weighted by Crippen LogP contribution is -1.95. The molecule has 0 N–H and O–H groups in total. The van der Waals surface area contributed by atoms with Crippen LogP contribution in [0.25, 0.3) is 10.8 Å². The van der Waals surface area contributed by atoms with E-state index in [0.29, 0.717) is 0 Å². The molecule has 2 radical (unpaired) electrons. The molecule has 72 valence electrons. The second-order valence-corrected chi connectivity index (χ2v) is 3.57. The van der Waals surface area contributed by atoms with Crippen molar-refractivity contribution in [1.82, 2.24) is 0 Å². The molecule has 1 aliphatic rings. The Morgan fingerprint density at radius 2 is 2.07 bits per heavy atom. The quantitative estimate of drug-likeness (QED) is 0.677. The lowest BCUT2D eigenvalue weighted by molar-refractivity contribution is 0.413. The Kier molecular flexibility index (Phi) is 1.78. The summed E-state index contributed by atoms with van der Waals surface area (Å²) in [6.45, 7) is 0. The molecule has 0 atom stereocenters. The number of ether oxygens (including phenoxy) is 1. The minimum atomic E-state index is 0.888. The Bertz CT molecular complexity index is 553. The highest BCUT2D eigenvalue weighted by Gasteiger charge is 2.12. The van der Waals surface area contributed by atoms with E-state index in [4.69, 9.17) is 4.74 Å². The van der Waals surface area contributed by atoms with Gasteiger partial charge >= 0.3 is 0 Å². The van der Waals surface area contributed by atoms with Crippen molar-refractivity contribution in [3.8, 4) is 5.75 Å². The van der Waals surface area contributed by atoms with Gasteiger partial charge in [-0.3, -0.25) is 0 Å². The Balaban J connectivity index is 2.48. The van der Waals surface area contributed by atoms with Crippen molar-refractivity contribution in [2.45, 2.75) is 0 Å². The summed E-state index contributed by atoms with van der Waals surface area (Å²) in [7, 11) is 1.69. The van der Waals surface area contributed by atoms with Crippen molar-refractivity contribution >= 4 is 10.8 Å². The molecule has 1 heteroatoms. The number of rotatable bonds is 1. The zero-order valence-electron chi connectivity index (χ0n) is 8.45. The molecule has 0 saturated heterocycles. The number of allylic oxidation sites excluding steroid dienone is 1. The average Bonchev–Trinajstić information content (AvgIpc) is 2.30. The Labute approximate surface area is 89.0 Å². The lowest BCUT2D eigenvalue weighted by atomic mass is 9.92. The van der Waals surface area contributed by atoms with Crippen LogP contribution >= 0.6 is 0 Å². The summed E-state index contributed by atoms with van der Waals surface area (Å²) in [5.74, 6) is 0.888. The zero-order chi connectivity index (χ0) is 10.3. The van der Waals surface area contributed by atoms with E-state index in [1.165, 1.54) is 16.3 Å². The fraction of sp³-hybridized carbons (Fsp3) is 0.0714. The molecule has 0 bridgehead atoms. The topological polar surface area (TPSA) is 9.23 Å². The smallest absolute Gasteiger partial charge is 0.127 e. The molecule has 0 aliphatic heterocycles. The van der Waals surface area contributed by atoms with Gasteiger partial charge in [0, 0.05) is 12.0 Å². The molecule has 0 aromatic heterocycles. The minimum Gasteiger partial charge on any atom is -0.496 e. The summed E-state index contributed by atoms with van der Waals surface area (Å²) >= 11 is 0. The molecular formula is C14H10O. The van der Waals surface area contributed by atoms with Crippen LogP contribution in [-0.2, 0) is 0 Å². The van der Waals surface area contributed by atoms with Crippen LogP contribution in [0.5, 0.6) is 5.75 Å². The monoisotopic (exact) mass is 194 g/mol. The van der Waals surface area contributed by atoms with E-state index in [0.717, 1.165) is 11.3 Å². The lowest BCUT2D eigenvalue weighted by Gasteiger charge is -2.14.